The lowest BCUT2D eigenvalue weighted by atomic mass is 10.2. The van der Waals surface area contributed by atoms with Crippen LogP contribution in [0.25, 0.3) is 0 Å². The minimum Gasteiger partial charge on any atom is -0.328 e. The van der Waals surface area contributed by atoms with E-state index in [0.717, 1.165) is 12.8 Å². The first kappa shape index (κ1) is 14.9. The number of nitrogens with two attached hydrogens (primary N) is 1. The molecule has 0 radical (unpaired) electrons. The molecule has 20 heavy (non-hydrogen) atoms. The van der Waals surface area contributed by atoms with Crippen molar-refractivity contribution in [1.29, 1.82) is 0 Å². The van der Waals surface area contributed by atoms with Crippen LogP contribution in [0.5, 0.6) is 0 Å². The quantitative estimate of drug-likeness (QED) is 0.661. The fraction of sp³-hybridized carbons (Fsp3) is 0.500. The van der Waals surface area contributed by atoms with Gasteiger partial charge < -0.3 is 5.73 Å². The number of nitrogens with zero attached hydrogens (tertiary/aromatic N) is 2. The molecule has 1 aromatic rings. The van der Waals surface area contributed by atoms with Crippen LogP contribution in [0.4, 0.5) is 5.69 Å². The van der Waals surface area contributed by atoms with Crippen LogP contribution < -0.4 is 5.73 Å². The van der Waals surface area contributed by atoms with Gasteiger partial charge in [-0.25, -0.2) is 8.42 Å². The molecule has 0 spiro atoms. The zero-order chi connectivity index (χ0) is 14.9. The van der Waals surface area contributed by atoms with Gasteiger partial charge in [0.25, 0.3) is 5.69 Å². The molecule has 1 fully saturated rings. The van der Waals surface area contributed by atoms with E-state index in [0.29, 0.717) is 6.42 Å². The van der Waals surface area contributed by atoms with E-state index in [-0.39, 0.29) is 22.7 Å². The molecule has 7 nitrogen and oxygen atoms in total. The molecule has 0 heterocycles. The van der Waals surface area contributed by atoms with Crippen LogP contribution in [0, 0.1) is 10.1 Å². The summed E-state index contributed by atoms with van der Waals surface area (Å²) in [5.41, 5.74) is 5.67. The lowest BCUT2D eigenvalue weighted by Gasteiger charge is -2.23. The van der Waals surface area contributed by atoms with Gasteiger partial charge in [-0.1, -0.05) is 0 Å². The van der Waals surface area contributed by atoms with Gasteiger partial charge in [-0.05, 0) is 31.4 Å². The maximum absolute atomic E-state index is 12.4. The van der Waals surface area contributed by atoms with E-state index in [1.165, 1.54) is 35.6 Å². The second-order valence-corrected chi connectivity index (χ2v) is 7.00. The topological polar surface area (TPSA) is 107 Å². The summed E-state index contributed by atoms with van der Waals surface area (Å²) in [6.45, 7) is 0. The zero-order valence-corrected chi connectivity index (χ0v) is 11.9. The molecule has 0 bridgehead atoms. The Morgan fingerprint density at radius 2 is 1.90 bits per heavy atom. The van der Waals surface area contributed by atoms with Crippen molar-refractivity contribution >= 4 is 15.7 Å². The van der Waals surface area contributed by atoms with Gasteiger partial charge in [0.1, 0.15) is 0 Å². The van der Waals surface area contributed by atoms with Crippen molar-refractivity contribution in [3.05, 3.63) is 34.4 Å². The van der Waals surface area contributed by atoms with E-state index in [2.05, 4.69) is 0 Å². The summed E-state index contributed by atoms with van der Waals surface area (Å²) in [6, 6.07) is 4.85. The van der Waals surface area contributed by atoms with Gasteiger partial charge in [0.2, 0.25) is 10.0 Å². The summed E-state index contributed by atoms with van der Waals surface area (Å²) in [7, 11) is -2.11. The zero-order valence-electron chi connectivity index (χ0n) is 11.1. The fourth-order valence-electron chi connectivity index (χ4n) is 2.42. The Bertz CT molecular complexity index is 600. The Hall–Kier alpha value is -1.51. The SMILES string of the molecule is CN([C@@H]1CC[C@H](N)C1)S(=O)(=O)c1ccc([N+](=O)[O-])cc1. The van der Waals surface area contributed by atoms with Gasteiger partial charge in [-0.2, -0.15) is 4.31 Å². The summed E-state index contributed by atoms with van der Waals surface area (Å²) in [4.78, 5) is 10.1. The van der Waals surface area contributed by atoms with E-state index < -0.39 is 14.9 Å². The predicted octanol–water partition coefficient (Wildman–Crippen LogP) is 1.10. The van der Waals surface area contributed by atoms with Crippen LogP contribution >= 0.6 is 0 Å². The molecule has 0 saturated heterocycles. The Labute approximate surface area is 117 Å². The molecule has 0 aromatic heterocycles. The molecule has 2 rings (SSSR count). The minimum absolute atomic E-state index is 0.0366. The second kappa shape index (κ2) is 5.47. The molecule has 2 atom stereocenters. The van der Waals surface area contributed by atoms with Gasteiger partial charge in [0.05, 0.1) is 9.82 Å². The Morgan fingerprint density at radius 3 is 2.35 bits per heavy atom. The normalized spacial score (nSPS) is 23.1. The maximum atomic E-state index is 12.4. The third kappa shape index (κ3) is 2.82. The highest BCUT2D eigenvalue weighted by atomic mass is 32.2. The van der Waals surface area contributed by atoms with Gasteiger partial charge in [0.15, 0.2) is 0 Å². The average molecular weight is 299 g/mol. The number of non-ortho nitro benzene ring substituents is 1. The Morgan fingerprint density at radius 1 is 1.30 bits per heavy atom. The van der Waals surface area contributed by atoms with Crippen molar-refractivity contribution in [1.82, 2.24) is 4.31 Å². The molecule has 8 heteroatoms. The standard InChI is InChI=1S/C12H17N3O4S/c1-14(11-3-2-9(13)8-11)20(18,19)12-6-4-10(5-7-12)15(16)17/h4-7,9,11H,2-3,8,13H2,1H3/t9-,11+/m0/s1. The van der Waals surface area contributed by atoms with E-state index in [4.69, 9.17) is 5.73 Å². The fourth-order valence-corrected chi connectivity index (χ4v) is 3.82. The number of nitro benzene ring substituents is 1. The molecule has 0 amide bonds. The van der Waals surface area contributed by atoms with Gasteiger partial charge in [0, 0.05) is 31.3 Å². The van der Waals surface area contributed by atoms with E-state index >= 15 is 0 Å². The molecule has 2 N–H and O–H groups in total. The third-order valence-electron chi connectivity index (χ3n) is 3.68. The summed E-state index contributed by atoms with van der Waals surface area (Å²) in [5, 5.41) is 10.6. The molecule has 1 aliphatic carbocycles. The number of nitro groups is 1. The maximum Gasteiger partial charge on any atom is 0.269 e. The number of hydrogen-bond acceptors (Lipinski definition) is 5. The van der Waals surface area contributed by atoms with Crippen LogP contribution in [0.1, 0.15) is 19.3 Å². The number of rotatable bonds is 4. The first-order valence-electron chi connectivity index (χ1n) is 6.30. The van der Waals surface area contributed by atoms with Gasteiger partial charge in [-0.3, -0.25) is 10.1 Å². The number of sulfonamides is 1. The molecule has 1 aromatic carbocycles. The predicted molar refractivity (Wildman–Crippen MR) is 73.7 cm³/mol. The highest BCUT2D eigenvalue weighted by molar-refractivity contribution is 7.89. The van der Waals surface area contributed by atoms with Crippen molar-refractivity contribution in [2.24, 2.45) is 5.73 Å². The lowest BCUT2D eigenvalue weighted by molar-refractivity contribution is -0.384. The third-order valence-corrected chi connectivity index (χ3v) is 5.61. The van der Waals surface area contributed by atoms with Crippen molar-refractivity contribution < 1.29 is 13.3 Å². The monoisotopic (exact) mass is 299 g/mol. The summed E-state index contributed by atoms with van der Waals surface area (Å²) >= 11 is 0. The van der Waals surface area contributed by atoms with Crippen LogP contribution in [-0.2, 0) is 10.0 Å². The number of hydrogen-bond donors (Lipinski definition) is 1. The largest absolute Gasteiger partial charge is 0.328 e. The van der Waals surface area contributed by atoms with Gasteiger partial charge >= 0.3 is 0 Å². The van der Waals surface area contributed by atoms with E-state index in [1.54, 1.807) is 0 Å². The van der Waals surface area contributed by atoms with E-state index in [9.17, 15) is 18.5 Å². The highest BCUT2D eigenvalue weighted by Gasteiger charge is 2.32. The molecular formula is C12H17N3O4S. The van der Waals surface area contributed by atoms with E-state index in [1.807, 2.05) is 0 Å². The molecular weight excluding hydrogens is 282 g/mol. The second-order valence-electron chi connectivity index (χ2n) is 5.00. The Kier molecular flexibility index (Phi) is 4.07. The van der Waals surface area contributed by atoms with Crippen molar-refractivity contribution in [2.75, 3.05) is 7.05 Å². The van der Waals surface area contributed by atoms with Crippen LogP contribution in [0.15, 0.2) is 29.2 Å². The minimum atomic E-state index is -3.63. The molecule has 0 unspecified atom stereocenters. The first-order valence-corrected chi connectivity index (χ1v) is 7.74. The lowest BCUT2D eigenvalue weighted by Crippen LogP contribution is -2.36. The van der Waals surface area contributed by atoms with Crippen LogP contribution in [0.2, 0.25) is 0 Å². The highest BCUT2D eigenvalue weighted by Crippen LogP contribution is 2.27. The first-order chi connectivity index (χ1) is 9.32. The average Bonchev–Trinajstić information content (AvgIpc) is 2.84. The van der Waals surface area contributed by atoms with Gasteiger partial charge in [-0.15, -0.1) is 0 Å². The summed E-state index contributed by atoms with van der Waals surface area (Å²) < 4.78 is 26.2. The summed E-state index contributed by atoms with van der Waals surface area (Å²) in [6.07, 6.45) is 2.19. The number of benzene rings is 1. The molecule has 1 saturated carbocycles. The van der Waals surface area contributed by atoms with Crippen LogP contribution in [-0.4, -0.2) is 36.8 Å². The van der Waals surface area contributed by atoms with Crippen molar-refractivity contribution in [3.63, 3.8) is 0 Å². The molecule has 1 aliphatic rings. The Balaban J connectivity index is 2.23. The molecule has 0 aliphatic heterocycles. The van der Waals surface area contributed by atoms with Crippen molar-refractivity contribution in [3.8, 4) is 0 Å². The van der Waals surface area contributed by atoms with Crippen molar-refractivity contribution in [2.45, 2.75) is 36.2 Å². The molecule has 110 valence electrons. The summed E-state index contributed by atoms with van der Waals surface area (Å²) in [5.74, 6) is 0. The smallest absolute Gasteiger partial charge is 0.269 e. The van der Waals surface area contributed by atoms with Crippen LogP contribution in [0.3, 0.4) is 0 Å².